The number of pyridine rings is 1. The Kier molecular flexibility index (Phi) is 8.82. The Balaban J connectivity index is 1.34. The fourth-order valence-corrected chi connectivity index (χ4v) is 6.73. The van der Waals surface area contributed by atoms with Crippen molar-refractivity contribution >= 4 is 29.2 Å². The molecule has 1 saturated heterocycles. The molecule has 2 aromatic heterocycles. The monoisotopic (exact) mass is 663 g/mol. The number of nitrogens with one attached hydrogen (secondary N) is 1. The quantitative estimate of drug-likeness (QED) is 0.246. The second kappa shape index (κ2) is 12.8. The number of hydrogen-bond donors (Lipinski definition) is 1. The lowest BCUT2D eigenvalue weighted by Crippen LogP contribution is -2.51. The maximum atomic E-state index is 15.6. The van der Waals surface area contributed by atoms with Gasteiger partial charge in [0.15, 0.2) is 0 Å². The van der Waals surface area contributed by atoms with Crippen LogP contribution in [0.25, 0.3) is 22.4 Å². The number of aromatic nitrogens is 3. The first-order valence-corrected chi connectivity index (χ1v) is 15.5. The highest BCUT2D eigenvalue weighted by Gasteiger charge is 2.42. The minimum atomic E-state index is -0.769. The first-order chi connectivity index (χ1) is 22.5. The predicted octanol–water partition coefficient (Wildman–Crippen LogP) is 5.49. The molecule has 47 heavy (non-hydrogen) atoms. The zero-order chi connectivity index (χ0) is 33.6. The van der Waals surface area contributed by atoms with E-state index in [1.165, 1.54) is 51.5 Å². The van der Waals surface area contributed by atoms with Crippen LogP contribution in [-0.4, -0.2) is 58.3 Å². The van der Waals surface area contributed by atoms with Crippen LogP contribution in [0.2, 0.25) is 5.02 Å². The second-order valence-corrected chi connectivity index (χ2v) is 11.9. The van der Waals surface area contributed by atoms with Gasteiger partial charge in [0.1, 0.15) is 17.2 Å². The van der Waals surface area contributed by atoms with Gasteiger partial charge in [0.25, 0.3) is 11.5 Å². The van der Waals surface area contributed by atoms with E-state index >= 15 is 8.78 Å². The van der Waals surface area contributed by atoms with Crippen LogP contribution in [0.4, 0.5) is 14.5 Å². The zero-order valence-electron chi connectivity index (χ0n) is 26.2. The first-order valence-electron chi connectivity index (χ1n) is 15.1. The summed E-state index contributed by atoms with van der Waals surface area (Å²) in [5.74, 6) is -2.20. The van der Waals surface area contributed by atoms with E-state index in [4.69, 9.17) is 26.1 Å². The molecule has 4 aromatic rings. The maximum absolute atomic E-state index is 15.6. The summed E-state index contributed by atoms with van der Waals surface area (Å²) in [6.07, 6.45) is 2.85. The summed E-state index contributed by atoms with van der Waals surface area (Å²) < 4.78 is 43.0. The summed E-state index contributed by atoms with van der Waals surface area (Å²) in [6, 6.07) is 8.31. The molecule has 1 atom stereocenters. The smallest absolute Gasteiger partial charge is 0.311 e. The third kappa shape index (κ3) is 5.76. The van der Waals surface area contributed by atoms with E-state index in [1.54, 1.807) is 6.92 Å². The first kappa shape index (κ1) is 32.3. The Morgan fingerprint density at radius 1 is 1.11 bits per heavy atom. The molecule has 0 radical (unpaired) electrons. The largest absolute Gasteiger partial charge is 0.481 e. The van der Waals surface area contributed by atoms with Crippen LogP contribution in [-0.2, 0) is 23.0 Å². The number of carbonyl (C=O) groups is 2. The van der Waals surface area contributed by atoms with Crippen molar-refractivity contribution in [3.8, 4) is 28.3 Å². The molecule has 1 N–H and O–H groups in total. The molecule has 244 valence electrons. The summed E-state index contributed by atoms with van der Waals surface area (Å²) in [7, 11) is 2.94. The number of hydrogen-bond acceptors (Lipinski definition) is 8. The summed E-state index contributed by atoms with van der Waals surface area (Å²) in [5, 5.41) is 6.37. The van der Waals surface area contributed by atoms with Crippen molar-refractivity contribution in [3.05, 3.63) is 91.9 Å². The molecule has 6 rings (SSSR count). The zero-order valence-corrected chi connectivity index (χ0v) is 27.0. The van der Waals surface area contributed by atoms with E-state index in [1.807, 2.05) is 6.07 Å². The number of halogens is 3. The number of nitrogens with zero attached hydrogens (tertiary/aromatic N) is 4. The SMILES string of the molecule is CCOC(=O)C1CN([C@@H]2CCc3cc(-c4ccc(F)c(-c5c(F)ccc(NC(=O)c6ccnn(C)c6=O)c5C)c4Cl)nc(OC)c32)C1. The number of anilines is 1. The molecule has 1 fully saturated rings. The standard InChI is InChI=1S/C34H32ClF2N5O5/c1-5-47-34(45)19-15-42(16-19)26-11-6-18-14-25(40-32(46-4)28(18)26)20-7-8-23(37)29(30(20)35)27-17(2)24(10-9-22(27)36)39-31(43)21-12-13-38-41(3)33(21)44/h7-10,12-14,19,26H,5-6,11,15-16H2,1-4H3,(H,39,43)/t26-/m1/s1. The van der Waals surface area contributed by atoms with Crippen molar-refractivity contribution < 1.29 is 27.8 Å². The Labute approximate surface area is 274 Å². The number of carbonyl (C=O) groups excluding carboxylic acids is 2. The molecular formula is C34H32ClF2N5O5. The van der Waals surface area contributed by atoms with E-state index in [2.05, 4.69) is 15.3 Å². The average molecular weight is 664 g/mol. The maximum Gasteiger partial charge on any atom is 0.311 e. The highest BCUT2D eigenvalue weighted by molar-refractivity contribution is 6.36. The molecule has 2 aromatic carbocycles. The number of amides is 1. The average Bonchev–Trinajstić information content (AvgIpc) is 3.44. The van der Waals surface area contributed by atoms with E-state index in [-0.39, 0.29) is 50.9 Å². The number of likely N-dealkylation sites (tertiary alicyclic amines) is 1. The molecule has 10 nitrogen and oxygen atoms in total. The Morgan fingerprint density at radius 3 is 2.55 bits per heavy atom. The number of rotatable bonds is 8. The van der Waals surface area contributed by atoms with Crippen molar-refractivity contribution in [2.24, 2.45) is 13.0 Å². The Morgan fingerprint density at radius 2 is 1.83 bits per heavy atom. The highest BCUT2D eigenvalue weighted by Crippen LogP contribution is 2.47. The molecule has 1 aliphatic heterocycles. The second-order valence-electron chi connectivity index (χ2n) is 11.6. The highest BCUT2D eigenvalue weighted by atomic mass is 35.5. The van der Waals surface area contributed by atoms with Gasteiger partial charge in [-0.15, -0.1) is 0 Å². The Bertz CT molecular complexity index is 1980. The topological polar surface area (TPSA) is 116 Å². The molecule has 2 aliphatic rings. The molecule has 1 amide bonds. The summed E-state index contributed by atoms with van der Waals surface area (Å²) >= 11 is 6.87. The van der Waals surface area contributed by atoms with Crippen LogP contribution in [0.15, 0.2) is 47.4 Å². The molecule has 0 bridgehead atoms. The number of fused-ring (bicyclic) bond motifs is 1. The number of aryl methyl sites for hydroxylation is 2. The fraction of sp³-hybridized carbons (Fsp3) is 0.324. The molecule has 13 heteroatoms. The lowest BCUT2D eigenvalue weighted by molar-refractivity contribution is -0.155. The lowest BCUT2D eigenvalue weighted by atomic mass is 9.94. The third-order valence-electron chi connectivity index (χ3n) is 8.82. The molecule has 0 spiro atoms. The van der Waals surface area contributed by atoms with E-state index in [0.29, 0.717) is 36.8 Å². The number of esters is 1. The molecule has 0 unspecified atom stereocenters. The van der Waals surface area contributed by atoms with Gasteiger partial charge in [0.2, 0.25) is 5.88 Å². The van der Waals surface area contributed by atoms with Gasteiger partial charge in [0, 0.05) is 60.3 Å². The number of ether oxygens (including phenoxy) is 2. The van der Waals surface area contributed by atoms with Gasteiger partial charge in [-0.1, -0.05) is 11.6 Å². The lowest BCUT2D eigenvalue weighted by Gasteiger charge is -2.42. The van der Waals surface area contributed by atoms with Gasteiger partial charge < -0.3 is 14.8 Å². The summed E-state index contributed by atoms with van der Waals surface area (Å²) in [6.45, 7) is 4.84. The van der Waals surface area contributed by atoms with E-state index in [0.717, 1.165) is 34.7 Å². The van der Waals surface area contributed by atoms with Crippen LogP contribution in [0.3, 0.4) is 0 Å². The van der Waals surface area contributed by atoms with Gasteiger partial charge in [-0.25, -0.2) is 18.4 Å². The summed E-state index contributed by atoms with van der Waals surface area (Å²) in [5.41, 5.74) is 2.00. The van der Waals surface area contributed by atoms with Gasteiger partial charge in [0.05, 0.1) is 30.4 Å². The van der Waals surface area contributed by atoms with Gasteiger partial charge in [-0.3, -0.25) is 19.3 Å². The van der Waals surface area contributed by atoms with Crippen molar-refractivity contribution in [2.75, 3.05) is 32.1 Å². The van der Waals surface area contributed by atoms with Crippen molar-refractivity contribution in [1.82, 2.24) is 19.7 Å². The van der Waals surface area contributed by atoms with Gasteiger partial charge in [-0.05, 0) is 74.2 Å². The minimum Gasteiger partial charge on any atom is -0.481 e. The number of benzene rings is 2. The van der Waals surface area contributed by atoms with E-state index < -0.39 is 23.1 Å². The fourth-order valence-electron chi connectivity index (χ4n) is 6.39. The van der Waals surface area contributed by atoms with Crippen LogP contribution in [0.1, 0.15) is 46.4 Å². The third-order valence-corrected chi connectivity index (χ3v) is 9.22. The van der Waals surface area contributed by atoms with Crippen LogP contribution in [0.5, 0.6) is 5.88 Å². The van der Waals surface area contributed by atoms with Gasteiger partial charge >= 0.3 is 5.97 Å². The predicted molar refractivity (Wildman–Crippen MR) is 172 cm³/mol. The van der Waals surface area contributed by atoms with Crippen LogP contribution >= 0.6 is 11.6 Å². The summed E-state index contributed by atoms with van der Waals surface area (Å²) in [4.78, 5) is 44.5. The molecule has 3 heterocycles. The minimum absolute atomic E-state index is 0.0217. The van der Waals surface area contributed by atoms with E-state index in [9.17, 15) is 14.4 Å². The molecule has 1 aliphatic carbocycles. The van der Waals surface area contributed by atoms with Crippen LogP contribution in [0, 0.1) is 24.5 Å². The van der Waals surface area contributed by atoms with Crippen molar-refractivity contribution in [1.29, 1.82) is 0 Å². The van der Waals surface area contributed by atoms with Gasteiger partial charge in [-0.2, -0.15) is 5.10 Å². The molecule has 0 saturated carbocycles. The van der Waals surface area contributed by atoms with Crippen molar-refractivity contribution in [2.45, 2.75) is 32.7 Å². The molecular weight excluding hydrogens is 632 g/mol. The Hall–Kier alpha value is -4.68. The normalized spacial score (nSPS) is 16.0. The van der Waals surface area contributed by atoms with Crippen molar-refractivity contribution in [3.63, 3.8) is 0 Å². The number of methoxy groups -OCH3 is 1. The van der Waals surface area contributed by atoms with Crippen LogP contribution < -0.4 is 15.6 Å².